The first-order valence-electron chi connectivity index (χ1n) is 6.30. The maximum atomic E-state index is 11.8. The van der Waals surface area contributed by atoms with Gasteiger partial charge in [-0.25, -0.2) is 0 Å². The number of nitrogens with one attached hydrogen (secondary N) is 1. The highest BCUT2D eigenvalue weighted by Gasteiger charge is 2.31. The minimum atomic E-state index is -0.181. The minimum Gasteiger partial charge on any atom is -0.381 e. The molecule has 96 valence electrons. The van der Waals surface area contributed by atoms with Crippen LogP contribution in [0.25, 0.3) is 0 Å². The van der Waals surface area contributed by atoms with Crippen molar-refractivity contribution < 1.29 is 14.3 Å². The Morgan fingerprint density at radius 1 is 1.41 bits per heavy atom. The maximum Gasteiger partial charge on any atom is 0.246 e. The first-order chi connectivity index (χ1) is 8.18. The van der Waals surface area contributed by atoms with Gasteiger partial charge in [0.1, 0.15) is 0 Å². The first-order valence-corrected chi connectivity index (χ1v) is 6.30. The summed E-state index contributed by atoms with van der Waals surface area (Å²) in [4.78, 5) is 24.3. The fraction of sp³-hybridized carbons (Fsp3) is 0.833. The Labute approximate surface area is 101 Å². The Hall–Kier alpha value is -0.940. The predicted molar refractivity (Wildman–Crippen MR) is 62.3 cm³/mol. The molecule has 0 aromatic rings. The summed E-state index contributed by atoms with van der Waals surface area (Å²) in [5.41, 5.74) is 0. The third-order valence-electron chi connectivity index (χ3n) is 3.62. The van der Waals surface area contributed by atoms with E-state index in [1.165, 1.54) is 4.90 Å². The molecule has 0 saturated carbocycles. The zero-order chi connectivity index (χ0) is 12.3. The van der Waals surface area contributed by atoms with Crippen LogP contribution in [0.4, 0.5) is 0 Å². The van der Waals surface area contributed by atoms with Crippen molar-refractivity contribution in [2.45, 2.75) is 31.7 Å². The van der Waals surface area contributed by atoms with Crippen molar-refractivity contribution in [1.29, 1.82) is 0 Å². The van der Waals surface area contributed by atoms with E-state index in [0.29, 0.717) is 18.8 Å². The predicted octanol–water partition coefficient (Wildman–Crippen LogP) is 0.150. The molecule has 5 heteroatoms. The number of rotatable bonds is 4. The van der Waals surface area contributed by atoms with Crippen LogP contribution in [-0.4, -0.2) is 49.6 Å². The SMILES string of the molecule is CN1C(=O)CCC(NCCC2CCOC2)C1=O. The van der Waals surface area contributed by atoms with Crippen LogP contribution >= 0.6 is 0 Å². The topological polar surface area (TPSA) is 58.6 Å². The molecular weight excluding hydrogens is 220 g/mol. The van der Waals surface area contributed by atoms with Crippen molar-refractivity contribution in [1.82, 2.24) is 10.2 Å². The monoisotopic (exact) mass is 240 g/mol. The van der Waals surface area contributed by atoms with E-state index < -0.39 is 0 Å². The molecule has 0 aromatic carbocycles. The van der Waals surface area contributed by atoms with Gasteiger partial charge in [-0.05, 0) is 31.7 Å². The fourth-order valence-electron chi connectivity index (χ4n) is 2.38. The normalized spacial score (nSPS) is 30.1. The number of nitrogens with zero attached hydrogens (tertiary/aromatic N) is 1. The second-order valence-corrected chi connectivity index (χ2v) is 4.85. The Kier molecular flexibility index (Phi) is 4.12. The molecular formula is C12H20N2O3. The van der Waals surface area contributed by atoms with Crippen molar-refractivity contribution in [2.24, 2.45) is 5.92 Å². The summed E-state index contributed by atoms with van der Waals surface area (Å²) in [5, 5.41) is 3.25. The molecule has 2 aliphatic heterocycles. The lowest BCUT2D eigenvalue weighted by Crippen LogP contribution is -2.51. The molecule has 2 aliphatic rings. The number of imide groups is 1. The van der Waals surface area contributed by atoms with Crippen molar-refractivity contribution in [2.75, 3.05) is 26.8 Å². The van der Waals surface area contributed by atoms with Gasteiger partial charge < -0.3 is 10.1 Å². The van der Waals surface area contributed by atoms with Crippen LogP contribution in [0.15, 0.2) is 0 Å². The highest BCUT2D eigenvalue weighted by Crippen LogP contribution is 2.16. The van der Waals surface area contributed by atoms with Gasteiger partial charge in [-0.3, -0.25) is 14.5 Å². The standard InChI is InChI=1S/C12H20N2O3/c1-14-11(15)3-2-10(12(14)16)13-6-4-9-5-7-17-8-9/h9-10,13H,2-8H2,1H3. The van der Waals surface area contributed by atoms with E-state index in [1.807, 2.05) is 0 Å². The number of likely N-dealkylation sites (tertiary alicyclic amines) is 1. The van der Waals surface area contributed by atoms with Crippen LogP contribution in [0.3, 0.4) is 0 Å². The molecule has 17 heavy (non-hydrogen) atoms. The Bertz CT molecular complexity index is 300. The van der Waals surface area contributed by atoms with Gasteiger partial charge in [0.05, 0.1) is 6.04 Å². The molecule has 2 saturated heterocycles. The average molecular weight is 240 g/mol. The number of likely N-dealkylation sites (N-methyl/N-ethyl adjacent to an activating group) is 1. The Morgan fingerprint density at radius 3 is 2.94 bits per heavy atom. The summed E-state index contributed by atoms with van der Waals surface area (Å²) in [7, 11) is 1.56. The number of hydrogen-bond acceptors (Lipinski definition) is 4. The molecule has 1 N–H and O–H groups in total. The van der Waals surface area contributed by atoms with Gasteiger partial charge >= 0.3 is 0 Å². The summed E-state index contributed by atoms with van der Waals surface area (Å²) >= 11 is 0. The van der Waals surface area contributed by atoms with Crippen molar-refractivity contribution in [3.63, 3.8) is 0 Å². The fourth-order valence-corrected chi connectivity index (χ4v) is 2.38. The van der Waals surface area contributed by atoms with Gasteiger partial charge in [0, 0.05) is 26.7 Å². The number of ether oxygens (including phenoxy) is 1. The summed E-state index contributed by atoms with van der Waals surface area (Å²) in [6, 6.07) is -0.181. The van der Waals surface area contributed by atoms with E-state index >= 15 is 0 Å². The zero-order valence-electron chi connectivity index (χ0n) is 10.3. The molecule has 5 nitrogen and oxygen atoms in total. The lowest BCUT2D eigenvalue weighted by molar-refractivity contribution is -0.148. The molecule has 2 fully saturated rings. The van der Waals surface area contributed by atoms with Crippen molar-refractivity contribution in [3.05, 3.63) is 0 Å². The molecule has 0 aliphatic carbocycles. The molecule has 2 atom stereocenters. The van der Waals surface area contributed by atoms with Crippen LogP contribution in [-0.2, 0) is 14.3 Å². The summed E-state index contributed by atoms with van der Waals surface area (Å²) in [6.07, 6.45) is 3.26. The molecule has 0 bridgehead atoms. The molecule has 2 rings (SSSR count). The Morgan fingerprint density at radius 2 is 2.24 bits per heavy atom. The molecule has 2 unspecified atom stereocenters. The summed E-state index contributed by atoms with van der Waals surface area (Å²) < 4.78 is 5.30. The lowest BCUT2D eigenvalue weighted by atomic mass is 10.0. The summed E-state index contributed by atoms with van der Waals surface area (Å²) in [6.45, 7) is 2.54. The number of hydrogen-bond donors (Lipinski definition) is 1. The highest BCUT2D eigenvalue weighted by molar-refractivity contribution is 6.00. The average Bonchev–Trinajstić information content (AvgIpc) is 2.82. The third-order valence-corrected chi connectivity index (χ3v) is 3.62. The number of carbonyl (C=O) groups excluding carboxylic acids is 2. The smallest absolute Gasteiger partial charge is 0.246 e. The molecule has 0 spiro atoms. The van der Waals surface area contributed by atoms with Crippen LogP contribution < -0.4 is 5.32 Å². The highest BCUT2D eigenvalue weighted by atomic mass is 16.5. The minimum absolute atomic E-state index is 0.0720. The van der Waals surface area contributed by atoms with Crippen molar-refractivity contribution >= 4 is 11.8 Å². The zero-order valence-corrected chi connectivity index (χ0v) is 10.3. The van der Waals surface area contributed by atoms with Gasteiger partial charge in [0.2, 0.25) is 11.8 Å². The summed E-state index contributed by atoms with van der Waals surface area (Å²) in [5.74, 6) is 0.460. The largest absolute Gasteiger partial charge is 0.381 e. The van der Waals surface area contributed by atoms with Gasteiger partial charge in [0.15, 0.2) is 0 Å². The number of piperidine rings is 1. The van der Waals surface area contributed by atoms with E-state index in [1.54, 1.807) is 7.05 Å². The van der Waals surface area contributed by atoms with E-state index in [0.717, 1.165) is 32.6 Å². The van der Waals surface area contributed by atoms with E-state index in [9.17, 15) is 9.59 Å². The van der Waals surface area contributed by atoms with Crippen LogP contribution in [0.2, 0.25) is 0 Å². The van der Waals surface area contributed by atoms with Crippen LogP contribution in [0.1, 0.15) is 25.7 Å². The second-order valence-electron chi connectivity index (χ2n) is 4.85. The quantitative estimate of drug-likeness (QED) is 0.711. The van der Waals surface area contributed by atoms with E-state index in [2.05, 4.69) is 5.32 Å². The number of amides is 2. The second kappa shape index (κ2) is 5.60. The van der Waals surface area contributed by atoms with Gasteiger partial charge in [-0.2, -0.15) is 0 Å². The molecule has 0 aromatic heterocycles. The van der Waals surface area contributed by atoms with Crippen molar-refractivity contribution in [3.8, 4) is 0 Å². The lowest BCUT2D eigenvalue weighted by Gasteiger charge is -2.28. The Balaban J connectivity index is 1.71. The number of carbonyl (C=O) groups is 2. The first kappa shape index (κ1) is 12.5. The van der Waals surface area contributed by atoms with E-state index in [-0.39, 0.29) is 17.9 Å². The van der Waals surface area contributed by atoms with Crippen LogP contribution in [0.5, 0.6) is 0 Å². The molecule has 2 heterocycles. The third kappa shape index (κ3) is 3.04. The molecule has 0 radical (unpaired) electrons. The maximum absolute atomic E-state index is 11.8. The van der Waals surface area contributed by atoms with Crippen LogP contribution in [0, 0.1) is 5.92 Å². The molecule has 2 amide bonds. The van der Waals surface area contributed by atoms with Gasteiger partial charge in [0.25, 0.3) is 0 Å². The van der Waals surface area contributed by atoms with Gasteiger partial charge in [-0.15, -0.1) is 0 Å². The van der Waals surface area contributed by atoms with E-state index in [4.69, 9.17) is 4.74 Å². The van der Waals surface area contributed by atoms with Gasteiger partial charge in [-0.1, -0.05) is 0 Å².